The molecule has 2 heteroatoms. The number of hydrogen-bond donors (Lipinski definition) is 1. The first-order valence-corrected chi connectivity index (χ1v) is 7.93. The van der Waals surface area contributed by atoms with Crippen LogP contribution in [-0.4, -0.2) is 30.1 Å². The van der Waals surface area contributed by atoms with E-state index in [1.165, 1.54) is 38.5 Å². The molecule has 0 aromatic carbocycles. The first-order valence-electron chi connectivity index (χ1n) is 7.93. The van der Waals surface area contributed by atoms with Gasteiger partial charge in [-0.05, 0) is 57.4 Å². The Labute approximate surface area is 114 Å². The third-order valence-corrected chi connectivity index (χ3v) is 5.52. The molecule has 0 aromatic heterocycles. The molecule has 18 heavy (non-hydrogen) atoms. The van der Waals surface area contributed by atoms with Gasteiger partial charge < -0.3 is 5.73 Å². The molecule has 0 spiro atoms. The topological polar surface area (TPSA) is 29.3 Å². The van der Waals surface area contributed by atoms with Crippen molar-refractivity contribution in [2.24, 2.45) is 17.6 Å². The van der Waals surface area contributed by atoms with Gasteiger partial charge in [0.25, 0.3) is 0 Å². The van der Waals surface area contributed by atoms with Crippen LogP contribution in [0.25, 0.3) is 0 Å². The summed E-state index contributed by atoms with van der Waals surface area (Å²) in [6.07, 6.45) is 7.78. The first kappa shape index (κ1) is 16.0. The van der Waals surface area contributed by atoms with E-state index < -0.39 is 0 Å². The molecule has 108 valence electrons. The van der Waals surface area contributed by atoms with Crippen molar-refractivity contribution in [2.75, 3.05) is 13.6 Å². The summed E-state index contributed by atoms with van der Waals surface area (Å²) in [4.78, 5) is 2.61. The number of nitrogens with zero attached hydrogens (tertiary/aromatic N) is 1. The Morgan fingerprint density at radius 2 is 1.67 bits per heavy atom. The summed E-state index contributed by atoms with van der Waals surface area (Å²) in [5.41, 5.74) is 6.45. The molecule has 0 amide bonds. The Kier molecular flexibility index (Phi) is 6.13. The standard InChI is InChI=1S/C16H34N2/c1-6-15(7-2)18(5)16(12-17)10-8-14(9-11-16)13(3)4/h13-15H,6-12,17H2,1-5H3. The van der Waals surface area contributed by atoms with Gasteiger partial charge in [0.2, 0.25) is 0 Å². The van der Waals surface area contributed by atoms with Gasteiger partial charge in [0, 0.05) is 18.1 Å². The van der Waals surface area contributed by atoms with E-state index >= 15 is 0 Å². The number of likely N-dealkylation sites (N-methyl/N-ethyl adjacent to an activating group) is 1. The molecule has 0 heterocycles. The van der Waals surface area contributed by atoms with Crippen molar-refractivity contribution in [3.63, 3.8) is 0 Å². The van der Waals surface area contributed by atoms with E-state index in [2.05, 4.69) is 39.6 Å². The highest BCUT2D eigenvalue weighted by molar-refractivity contribution is 4.97. The largest absolute Gasteiger partial charge is 0.329 e. The van der Waals surface area contributed by atoms with Crippen LogP contribution in [0.5, 0.6) is 0 Å². The maximum Gasteiger partial charge on any atom is 0.0331 e. The Hall–Kier alpha value is -0.0800. The predicted molar refractivity (Wildman–Crippen MR) is 80.7 cm³/mol. The van der Waals surface area contributed by atoms with Crippen LogP contribution >= 0.6 is 0 Å². The lowest BCUT2D eigenvalue weighted by Crippen LogP contribution is -2.57. The molecule has 0 unspecified atom stereocenters. The third kappa shape index (κ3) is 3.27. The van der Waals surface area contributed by atoms with E-state index in [0.29, 0.717) is 6.04 Å². The molecule has 2 N–H and O–H groups in total. The van der Waals surface area contributed by atoms with Crippen molar-refractivity contribution in [2.45, 2.75) is 77.8 Å². The van der Waals surface area contributed by atoms with E-state index in [9.17, 15) is 0 Å². The van der Waals surface area contributed by atoms with Crippen LogP contribution in [0.4, 0.5) is 0 Å². The van der Waals surface area contributed by atoms with Crippen LogP contribution < -0.4 is 5.73 Å². The molecule has 2 nitrogen and oxygen atoms in total. The highest BCUT2D eigenvalue weighted by Crippen LogP contribution is 2.39. The van der Waals surface area contributed by atoms with Gasteiger partial charge in [-0.2, -0.15) is 0 Å². The summed E-state index contributed by atoms with van der Waals surface area (Å²) in [6, 6.07) is 0.698. The maximum absolute atomic E-state index is 6.17. The summed E-state index contributed by atoms with van der Waals surface area (Å²) in [5, 5.41) is 0. The monoisotopic (exact) mass is 254 g/mol. The van der Waals surface area contributed by atoms with Crippen LogP contribution in [0.15, 0.2) is 0 Å². The normalized spacial score (nSPS) is 29.5. The summed E-state index contributed by atoms with van der Waals surface area (Å²) < 4.78 is 0. The van der Waals surface area contributed by atoms with Crippen LogP contribution in [0.3, 0.4) is 0 Å². The maximum atomic E-state index is 6.17. The van der Waals surface area contributed by atoms with Gasteiger partial charge in [0.15, 0.2) is 0 Å². The van der Waals surface area contributed by atoms with Crippen LogP contribution in [0, 0.1) is 11.8 Å². The SMILES string of the molecule is CCC(CC)N(C)C1(CN)CCC(C(C)C)CC1. The second-order valence-electron chi connectivity index (χ2n) is 6.59. The number of hydrogen-bond acceptors (Lipinski definition) is 2. The van der Waals surface area contributed by atoms with Crippen molar-refractivity contribution in [1.29, 1.82) is 0 Å². The summed E-state index contributed by atoms with van der Waals surface area (Å²) in [5.74, 6) is 1.75. The average Bonchev–Trinajstić information content (AvgIpc) is 2.40. The van der Waals surface area contributed by atoms with Gasteiger partial charge >= 0.3 is 0 Å². The molecule has 0 aromatic rings. The van der Waals surface area contributed by atoms with E-state index in [-0.39, 0.29) is 5.54 Å². The molecule has 1 rings (SSSR count). The fraction of sp³-hybridized carbons (Fsp3) is 1.00. The third-order valence-electron chi connectivity index (χ3n) is 5.52. The summed E-state index contributed by atoms with van der Waals surface area (Å²) >= 11 is 0. The quantitative estimate of drug-likeness (QED) is 0.784. The zero-order chi connectivity index (χ0) is 13.8. The van der Waals surface area contributed by atoms with E-state index in [0.717, 1.165) is 18.4 Å². The molecule has 1 fully saturated rings. The highest BCUT2D eigenvalue weighted by Gasteiger charge is 2.39. The number of rotatable bonds is 6. The molecule has 0 saturated heterocycles. The van der Waals surface area contributed by atoms with Gasteiger partial charge in [-0.3, -0.25) is 4.90 Å². The van der Waals surface area contributed by atoms with Gasteiger partial charge in [-0.25, -0.2) is 0 Å². The Morgan fingerprint density at radius 1 is 1.17 bits per heavy atom. The van der Waals surface area contributed by atoms with Gasteiger partial charge in [-0.1, -0.05) is 27.7 Å². The fourth-order valence-corrected chi connectivity index (χ4v) is 3.77. The van der Waals surface area contributed by atoms with E-state index in [1.807, 2.05) is 0 Å². The van der Waals surface area contributed by atoms with Crippen LogP contribution in [-0.2, 0) is 0 Å². The average molecular weight is 254 g/mol. The summed E-state index contributed by atoms with van der Waals surface area (Å²) in [6.45, 7) is 10.2. The van der Waals surface area contributed by atoms with Crippen molar-refractivity contribution in [3.05, 3.63) is 0 Å². The van der Waals surface area contributed by atoms with Gasteiger partial charge in [0.05, 0.1) is 0 Å². The Bertz CT molecular complexity index is 225. The van der Waals surface area contributed by atoms with Crippen molar-refractivity contribution in [3.8, 4) is 0 Å². The molecule has 0 bridgehead atoms. The van der Waals surface area contributed by atoms with Crippen LogP contribution in [0.2, 0.25) is 0 Å². The summed E-state index contributed by atoms with van der Waals surface area (Å²) in [7, 11) is 2.31. The second-order valence-corrected chi connectivity index (χ2v) is 6.59. The minimum atomic E-state index is 0.280. The van der Waals surface area contributed by atoms with Gasteiger partial charge in [0.1, 0.15) is 0 Å². The molecular formula is C16H34N2. The fourth-order valence-electron chi connectivity index (χ4n) is 3.77. The minimum absolute atomic E-state index is 0.280. The zero-order valence-corrected chi connectivity index (χ0v) is 13.2. The highest BCUT2D eigenvalue weighted by atomic mass is 15.2. The lowest BCUT2D eigenvalue weighted by atomic mass is 9.71. The second kappa shape index (κ2) is 6.91. The first-order chi connectivity index (χ1) is 8.50. The van der Waals surface area contributed by atoms with Gasteiger partial charge in [-0.15, -0.1) is 0 Å². The zero-order valence-electron chi connectivity index (χ0n) is 13.2. The predicted octanol–water partition coefficient (Wildman–Crippen LogP) is 3.65. The number of nitrogens with two attached hydrogens (primary N) is 1. The lowest BCUT2D eigenvalue weighted by Gasteiger charge is -2.49. The Balaban J connectivity index is 2.70. The smallest absolute Gasteiger partial charge is 0.0331 e. The minimum Gasteiger partial charge on any atom is -0.329 e. The van der Waals surface area contributed by atoms with E-state index in [4.69, 9.17) is 5.73 Å². The molecule has 1 aliphatic carbocycles. The molecule has 0 aliphatic heterocycles. The molecule has 1 aliphatic rings. The Morgan fingerprint density at radius 3 is 2.00 bits per heavy atom. The van der Waals surface area contributed by atoms with E-state index in [1.54, 1.807) is 0 Å². The van der Waals surface area contributed by atoms with Crippen molar-refractivity contribution < 1.29 is 0 Å². The molecule has 0 radical (unpaired) electrons. The molecule has 0 atom stereocenters. The van der Waals surface area contributed by atoms with Crippen LogP contribution in [0.1, 0.15) is 66.2 Å². The van der Waals surface area contributed by atoms with Crippen molar-refractivity contribution >= 4 is 0 Å². The lowest BCUT2D eigenvalue weighted by molar-refractivity contribution is 0.0208. The molecule has 1 saturated carbocycles. The molecular weight excluding hydrogens is 220 g/mol. The van der Waals surface area contributed by atoms with Crippen molar-refractivity contribution in [1.82, 2.24) is 4.90 Å².